The van der Waals surface area contributed by atoms with E-state index in [1.807, 2.05) is 0 Å². The minimum atomic E-state index is -0.293. The number of hydrogen-bond donors (Lipinski definition) is 1. The lowest BCUT2D eigenvalue weighted by atomic mass is 10.2. The van der Waals surface area contributed by atoms with Gasteiger partial charge in [0.25, 0.3) is 0 Å². The van der Waals surface area contributed by atoms with E-state index in [-0.39, 0.29) is 11.6 Å². The van der Waals surface area contributed by atoms with Crippen molar-refractivity contribution in [3.63, 3.8) is 0 Å². The molecule has 0 aliphatic heterocycles. The highest BCUT2D eigenvalue weighted by Gasteiger charge is 2.07. The molecule has 0 atom stereocenters. The molecule has 92 valence electrons. The van der Waals surface area contributed by atoms with E-state index in [9.17, 15) is 4.39 Å². The van der Waals surface area contributed by atoms with Gasteiger partial charge in [-0.05, 0) is 6.07 Å². The molecule has 0 saturated heterocycles. The van der Waals surface area contributed by atoms with Gasteiger partial charge < -0.3 is 10.1 Å². The van der Waals surface area contributed by atoms with Crippen LogP contribution in [-0.2, 0) is 6.54 Å². The predicted molar refractivity (Wildman–Crippen MR) is 70.8 cm³/mol. The smallest absolute Gasteiger partial charge is 0.169 e. The second-order valence-corrected chi connectivity index (χ2v) is 4.47. The van der Waals surface area contributed by atoms with Gasteiger partial charge in [0, 0.05) is 24.4 Å². The van der Waals surface area contributed by atoms with E-state index in [0.717, 1.165) is 18.1 Å². The topological polar surface area (TPSA) is 21.3 Å². The fourth-order valence-corrected chi connectivity index (χ4v) is 1.90. The molecule has 4 heteroatoms. The molecule has 0 unspecified atom stereocenters. The average Bonchev–Trinajstić information content (AvgIpc) is 2.35. The highest BCUT2D eigenvalue weighted by molar-refractivity contribution is 7.99. The third kappa shape index (κ3) is 4.68. The third-order valence-corrected chi connectivity index (χ3v) is 3.05. The van der Waals surface area contributed by atoms with Crippen LogP contribution in [0, 0.1) is 18.2 Å². The Morgan fingerprint density at radius 3 is 3.06 bits per heavy atom. The van der Waals surface area contributed by atoms with Gasteiger partial charge >= 0.3 is 0 Å². The lowest BCUT2D eigenvalue weighted by Crippen LogP contribution is -2.17. The molecule has 1 aromatic carbocycles. The van der Waals surface area contributed by atoms with Gasteiger partial charge in [0.1, 0.15) is 0 Å². The minimum Gasteiger partial charge on any atom is -0.494 e. The first-order valence-electron chi connectivity index (χ1n) is 5.33. The molecule has 0 aromatic heterocycles. The fourth-order valence-electron chi connectivity index (χ4n) is 1.35. The summed E-state index contributed by atoms with van der Waals surface area (Å²) in [6, 6.07) is 5.15. The maximum absolute atomic E-state index is 13.7. The van der Waals surface area contributed by atoms with Crippen LogP contribution in [0.15, 0.2) is 18.2 Å². The van der Waals surface area contributed by atoms with E-state index in [0.29, 0.717) is 12.1 Å². The molecule has 0 spiro atoms. The summed E-state index contributed by atoms with van der Waals surface area (Å²) in [6.45, 7) is 1.31. The van der Waals surface area contributed by atoms with Crippen molar-refractivity contribution in [2.24, 2.45) is 0 Å². The standard InChI is InChI=1S/C13H16FNOS/c1-3-8-17-9-7-15-10-11-5-4-6-12(16-2)13(11)14/h1,4-6,15H,7-10H2,2H3. The number of ether oxygens (including phenoxy) is 1. The van der Waals surface area contributed by atoms with E-state index < -0.39 is 0 Å². The van der Waals surface area contributed by atoms with E-state index in [2.05, 4.69) is 11.2 Å². The monoisotopic (exact) mass is 253 g/mol. The van der Waals surface area contributed by atoms with Gasteiger partial charge in [0.05, 0.1) is 12.9 Å². The molecule has 17 heavy (non-hydrogen) atoms. The predicted octanol–water partition coefficient (Wildman–Crippen LogP) is 2.29. The molecular formula is C13H16FNOS. The Balaban J connectivity index is 2.34. The van der Waals surface area contributed by atoms with E-state index in [4.69, 9.17) is 11.2 Å². The summed E-state index contributed by atoms with van der Waals surface area (Å²) >= 11 is 1.68. The number of hydrogen-bond acceptors (Lipinski definition) is 3. The first-order chi connectivity index (χ1) is 8.29. The molecule has 0 radical (unpaired) electrons. The molecular weight excluding hydrogens is 237 g/mol. The van der Waals surface area contributed by atoms with Gasteiger partial charge in [-0.25, -0.2) is 4.39 Å². The van der Waals surface area contributed by atoms with Crippen LogP contribution in [0.1, 0.15) is 5.56 Å². The SMILES string of the molecule is C#CCSCCNCc1cccc(OC)c1F. The largest absolute Gasteiger partial charge is 0.494 e. The number of methoxy groups -OCH3 is 1. The summed E-state index contributed by atoms with van der Waals surface area (Å²) in [7, 11) is 1.46. The van der Waals surface area contributed by atoms with Crippen LogP contribution in [0.3, 0.4) is 0 Å². The molecule has 1 aromatic rings. The number of rotatable bonds is 7. The van der Waals surface area contributed by atoms with E-state index in [1.54, 1.807) is 30.0 Å². The number of thioether (sulfide) groups is 1. The van der Waals surface area contributed by atoms with Gasteiger partial charge in [0.2, 0.25) is 0 Å². The van der Waals surface area contributed by atoms with Gasteiger partial charge in [-0.15, -0.1) is 18.2 Å². The van der Waals surface area contributed by atoms with Crippen molar-refractivity contribution in [1.82, 2.24) is 5.32 Å². The van der Waals surface area contributed by atoms with Crippen LogP contribution in [-0.4, -0.2) is 25.2 Å². The molecule has 0 aliphatic rings. The molecule has 1 N–H and O–H groups in total. The van der Waals surface area contributed by atoms with E-state index >= 15 is 0 Å². The second kappa shape index (κ2) is 7.99. The molecule has 0 saturated carbocycles. The van der Waals surface area contributed by atoms with Crippen molar-refractivity contribution in [2.45, 2.75) is 6.54 Å². The Morgan fingerprint density at radius 2 is 2.35 bits per heavy atom. The summed E-state index contributed by atoms with van der Waals surface area (Å²) in [5.41, 5.74) is 0.617. The molecule has 0 bridgehead atoms. The first kappa shape index (κ1) is 13.9. The average molecular weight is 253 g/mol. The maximum Gasteiger partial charge on any atom is 0.169 e. The maximum atomic E-state index is 13.7. The molecule has 0 amide bonds. The third-order valence-electron chi connectivity index (χ3n) is 2.19. The zero-order valence-corrected chi connectivity index (χ0v) is 10.6. The first-order valence-corrected chi connectivity index (χ1v) is 6.48. The van der Waals surface area contributed by atoms with Crippen LogP contribution in [0.4, 0.5) is 4.39 Å². The van der Waals surface area contributed by atoms with E-state index in [1.165, 1.54) is 7.11 Å². The molecule has 0 fully saturated rings. The van der Waals surface area contributed by atoms with Crippen LogP contribution >= 0.6 is 11.8 Å². The van der Waals surface area contributed by atoms with Crippen LogP contribution in [0.2, 0.25) is 0 Å². The number of benzene rings is 1. The Labute approximate surface area is 106 Å². The van der Waals surface area contributed by atoms with Crippen molar-refractivity contribution >= 4 is 11.8 Å². The highest BCUT2D eigenvalue weighted by Crippen LogP contribution is 2.19. The molecule has 1 rings (SSSR count). The van der Waals surface area contributed by atoms with Crippen molar-refractivity contribution in [1.29, 1.82) is 0 Å². The normalized spacial score (nSPS) is 9.94. The van der Waals surface area contributed by atoms with Gasteiger partial charge in [-0.1, -0.05) is 18.1 Å². The second-order valence-electron chi connectivity index (χ2n) is 3.37. The highest BCUT2D eigenvalue weighted by atomic mass is 32.2. The Bertz CT molecular complexity index is 389. The quantitative estimate of drug-likeness (QED) is 0.595. The summed E-state index contributed by atoms with van der Waals surface area (Å²) in [5.74, 6) is 4.19. The fraction of sp³-hybridized carbons (Fsp3) is 0.385. The number of halogens is 1. The number of terminal acetylenes is 1. The Hall–Kier alpha value is -1.18. The minimum absolute atomic E-state index is 0.283. The Morgan fingerprint density at radius 1 is 1.53 bits per heavy atom. The summed E-state index contributed by atoms with van der Waals surface area (Å²) < 4.78 is 18.6. The van der Waals surface area contributed by atoms with Gasteiger partial charge in [-0.3, -0.25) is 0 Å². The molecule has 0 aliphatic carbocycles. The van der Waals surface area contributed by atoms with Crippen molar-refractivity contribution in [3.8, 4) is 18.1 Å². The summed E-state index contributed by atoms with van der Waals surface area (Å²) in [6.07, 6.45) is 5.13. The molecule has 0 heterocycles. The van der Waals surface area contributed by atoms with Crippen molar-refractivity contribution in [2.75, 3.05) is 25.2 Å². The lowest BCUT2D eigenvalue weighted by Gasteiger charge is -2.08. The van der Waals surface area contributed by atoms with Crippen molar-refractivity contribution < 1.29 is 9.13 Å². The Kier molecular flexibility index (Phi) is 6.53. The van der Waals surface area contributed by atoms with Crippen LogP contribution < -0.4 is 10.1 Å². The lowest BCUT2D eigenvalue weighted by molar-refractivity contribution is 0.383. The summed E-state index contributed by atoms with van der Waals surface area (Å²) in [4.78, 5) is 0. The zero-order valence-electron chi connectivity index (χ0n) is 9.83. The van der Waals surface area contributed by atoms with Crippen molar-refractivity contribution in [3.05, 3.63) is 29.6 Å². The van der Waals surface area contributed by atoms with Crippen LogP contribution in [0.5, 0.6) is 5.75 Å². The van der Waals surface area contributed by atoms with Gasteiger partial charge in [0.15, 0.2) is 11.6 Å². The number of nitrogens with one attached hydrogen (secondary N) is 1. The van der Waals surface area contributed by atoms with Gasteiger partial charge in [-0.2, -0.15) is 0 Å². The molecule has 2 nitrogen and oxygen atoms in total. The zero-order chi connectivity index (χ0) is 12.5. The van der Waals surface area contributed by atoms with Crippen LogP contribution in [0.25, 0.3) is 0 Å². The summed E-state index contributed by atoms with van der Waals surface area (Å²) in [5, 5.41) is 3.17.